The van der Waals surface area contributed by atoms with Gasteiger partial charge in [0.25, 0.3) is 5.56 Å². The molecule has 0 aliphatic carbocycles. The Labute approximate surface area is 118 Å². The molecule has 1 saturated heterocycles. The van der Waals surface area contributed by atoms with Crippen molar-refractivity contribution in [2.45, 2.75) is 45.7 Å². The van der Waals surface area contributed by atoms with Crippen LogP contribution in [0.2, 0.25) is 0 Å². The zero-order chi connectivity index (χ0) is 14.5. The first-order valence-electron chi connectivity index (χ1n) is 7.24. The molecule has 1 fully saturated rings. The van der Waals surface area contributed by atoms with Gasteiger partial charge in [-0.25, -0.2) is 4.98 Å². The molecule has 0 spiro atoms. The van der Waals surface area contributed by atoms with Crippen LogP contribution < -0.4 is 10.9 Å². The Hall–Kier alpha value is -1.85. The Bertz CT molecular complexity index is 520. The predicted molar refractivity (Wildman–Crippen MR) is 77.7 cm³/mol. The number of likely N-dealkylation sites (tertiary alicyclic amines) is 1. The van der Waals surface area contributed by atoms with Crippen LogP contribution in [0.25, 0.3) is 0 Å². The second-order valence-electron chi connectivity index (χ2n) is 5.12. The molecule has 1 aliphatic heterocycles. The minimum absolute atomic E-state index is 0.0396. The number of carbonyl (C=O) groups is 1. The number of amides is 1. The van der Waals surface area contributed by atoms with E-state index in [1.54, 1.807) is 23.9 Å². The maximum atomic E-state index is 12.3. The van der Waals surface area contributed by atoms with Crippen LogP contribution in [0.4, 0.5) is 5.82 Å². The van der Waals surface area contributed by atoms with Crippen LogP contribution in [-0.4, -0.2) is 39.5 Å². The summed E-state index contributed by atoms with van der Waals surface area (Å²) in [5.74, 6) is 0.282. The van der Waals surface area contributed by atoms with E-state index >= 15 is 0 Å². The Morgan fingerprint density at radius 3 is 2.75 bits per heavy atom. The van der Waals surface area contributed by atoms with E-state index in [0.29, 0.717) is 6.54 Å². The maximum absolute atomic E-state index is 12.3. The molecule has 6 nitrogen and oxygen atoms in total. The SMILES string of the molecule is CCn1ccnc(NC(C)C(=O)N2CCCCC2)c1=O. The second kappa shape index (κ2) is 6.54. The average molecular weight is 278 g/mol. The summed E-state index contributed by atoms with van der Waals surface area (Å²) in [5, 5.41) is 2.95. The van der Waals surface area contributed by atoms with Gasteiger partial charge in [-0.2, -0.15) is 0 Å². The summed E-state index contributed by atoms with van der Waals surface area (Å²) < 4.78 is 1.56. The molecule has 1 unspecified atom stereocenters. The van der Waals surface area contributed by atoms with Crippen molar-refractivity contribution in [2.24, 2.45) is 0 Å². The highest BCUT2D eigenvalue weighted by molar-refractivity contribution is 5.84. The number of nitrogens with one attached hydrogen (secondary N) is 1. The molecule has 1 atom stereocenters. The van der Waals surface area contributed by atoms with E-state index in [-0.39, 0.29) is 17.3 Å². The molecule has 1 aromatic heterocycles. The van der Waals surface area contributed by atoms with Gasteiger partial charge >= 0.3 is 0 Å². The van der Waals surface area contributed by atoms with E-state index in [0.717, 1.165) is 25.9 Å². The van der Waals surface area contributed by atoms with Gasteiger partial charge in [0.15, 0.2) is 5.82 Å². The molecule has 1 aliphatic rings. The molecule has 2 heterocycles. The molecule has 1 amide bonds. The minimum Gasteiger partial charge on any atom is -0.354 e. The molecular formula is C14H22N4O2. The summed E-state index contributed by atoms with van der Waals surface area (Å²) >= 11 is 0. The Balaban J connectivity index is 2.05. The highest BCUT2D eigenvalue weighted by atomic mass is 16.2. The number of aromatic nitrogens is 2. The first-order chi connectivity index (χ1) is 9.63. The van der Waals surface area contributed by atoms with Gasteiger partial charge in [-0.05, 0) is 33.1 Å². The quantitative estimate of drug-likeness (QED) is 0.895. The minimum atomic E-state index is -0.430. The van der Waals surface area contributed by atoms with Crippen LogP contribution in [0, 0.1) is 0 Å². The first kappa shape index (κ1) is 14.6. The fraction of sp³-hybridized carbons (Fsp3) is 0.643. The normalized spacial score (nSPS) is 16.8. The van der Waals surface area contributed by atoms with E-state index < -0.39 is 6.04 Å². The maximum Gasteiger partial charge on any atom is 0.293 e. The Morgan fingerprint density at radius 1 is 1.40 bits per heavy atom. The summed E-state index contributed by atoms with van der Waals surface area (Å²) in [6, 6.07) is -0.430. The molecule has 2 rings (SSSR count). The van der Waals surface area contributed by atoms with Crippen molar-refractivity contribution < 1.29 is 4.79 Å². The largest absolute Gasteiger partial charge is 0.354 e. The molecular weight excluding hydrogens is 256 g/mol. The molecule has 1 aromatic rings. The van der Waals surface area contributed by atoms with Crippen molar-refractivity contribution in [2.75, 3.05) is 18.4 Å². The van der Waals surface area contributed by atoms with Crippen LogP contribution in [0.15, 0.2) is 17.2 Å². The van der Waals surface area contributed by atoms with E-state index in [1.165, 1.54) is 6.42 Å². The lowest BCUT2D eigenvalue weighted by Crippen LogP contribution is -2.44. The van der Waals surface area contributed by atoms with Crippen molar-refractivity contribution in [3.63, 3.8) is 0 Å². The lowest BCUT2D eigenvalue weighted by molar-refractivity contribution is -0.132. The topological polar surface area (TPSA) is 67.2 Å². The van der Waals surface area contributed by atoms with E-state index in [2.05, 4.69) is 10.3 Å². The summed E-state index contributed by atoms with van der Waals surface area (Å²) in [4.78, 5) is 30.2. The number of hydrogen-bond acceptors (Lipinski definition) is 4. The zero-order valence-corrected chi connectivity index (χ0v) is 12.1. The molecule has 110 valence electrons. The standard InChI is InChI=1S/C14H22N4O2/c1-3-17-10-7-15-12(14(17)20)16-11(2)13(19)18-8-5-4-6-9-18/h7,10-11H,3-6,8-9H2,1-2H3,(H,15,16). The van der Waals surface area contributed by atoms with Crippen LogP contribution in [0.1, 0.15) is 33.1 Å². The van der Waals surface area contributed by atoms with Gasteiger partial charge < -0.3 is 14.8 Å². The highest BCUT2D eigenvalue weighted by Gasteiger charge is 2.22. The first-order valence-corrected chi connectivity index (χ1v) is 7.24. The number of hydrogen-bond donors (Lipinski definition) is 1. The smallest absolute Gasteiger partial charge is 0.293 e. The lowest BCUT2D eigenvalue weighted by atomic mass is 10.1. The molecule has 20 heavy (non-hydrogen) atoms. The fourth-order valence-corrected chi connectivity index (χ4v) is 2.45. The Morgan fingerprint density at radius 2 is 2.10 bits per heavy atom. The average Bonchev–Trinajstić information content (AvgIpc) is 2.49. The third-order valence-electron chi connectivity index (χ3n) is 3.65. The fourth-order valence-electron chi connectivity index (χ4n) is 2.45. The van der Waals surface area contributed by atoms with Crippen molar-refractivity contribution in [1.29, 1.82) is 0 Å². The number of carbonyl (C=O) groups excluding carboxylic acids is 1. The third-order valence-corrected chi connectivity index (χ3v) is 3.65. The number of rotatable bonds is 4. The zero-order valence-electron chi connectivity index (χ0n) is 12.1. The van der Waals surface area contributed by atoms with Crippen LogP contribution >= 0.6 is 0 Å². The summed E-state index contributed by atoms with van der Waals surface area (Å²) in [7, 11) is 0. The van der Waals surface area contributed by atoms with Gasteiger partial charge in [0.2, 0.25) is 5.91 Å². The molecule has 0 bridgehead atoms. The van der Waals surface area contributed by atoms with Gasteiger partial charge in [0.05, 0.1) is 0 Å². The van der Waals surface area contributed by atoms with Gasteiger partial charge in [0, 0.05) is 32.0 Å². The molecule has 0 aromatic carbocycles. The van der Waals surface area contributed by atoms with Crippen molar-refractivity contribution >= 4 is 11.7 Å². The van der Waals surface area contributed by atoms with E-state index in [9.17, 15) is 9.59 Å². The van der Waals surface area contributed by atoms with Gasteiger partial charge in [0.1, 0.15) is 6.04 Å². The third kappa shape index (κ3) is 3.18. The number of piperidine rings is 1. The highest BCUT2D eigenvalue weighted by Crippen LogP contribution is 2.11. The number of nitrogens with zero attached hydrogens (tertiary/aromatic N) is 3. The molecule has 6 heteroatoms. The number of anilines is 1. The van der Waals surface area contributed by atoms with Crippen molar-refractivity contribution in [1.82, 2.24) is 14.5 Å². The van der Waals surface area contributed by atoms with Crippen LogP contribution in [0.3, 0.4) is 0 Å². The molecule has 0 radical (unpaired) electrons. The van der Waals surface area contributed by atoms with E-state index in [4.69, 9.17) is 0 Å². The molecule has 0 saturated carbocycles. The summed E-state index contributed by atoms with van der Waals surface area (Å²) in [6.07, 6.45) is 6.53. The van der Waals surface area contributed by atoms with Crippen LogP contribution in [0.5, 0.6) is 0 Å². The van der Waals surface area contributed by atoms with Gasteiger partial charge in [-0.3, -0.25) is 9.59 Å². The number of aryl methyl sites for hydroxylation is 1. The lowest BCUT2D eigenvalue weighted by Gasteiger charge is -2.29. The van der Waals surface area contributed by atoms with Gasteiger partial charge in [-0.15, -0.1) is 0 Å². The van der Waals surface area contributed by atoms with Crippen molar-refractivity contribution in [3.05, 3.63) is 22.7 Å². The Kier molecular flexibility index (Phi) is 4.76. The van der Waals surface area contributed by atoms with Crippen molar-refractivity contribution in [3.8, 4) is 0 Å². The predicted octanol–water partition coefficient (Wildman–Crippen LogP) is 1.08. The second-order valence-corrected chi connectivity index (χ2v) is 5.12. The van der Waals surface area contributed by atoms with E-state index in [1.807, 2.05) is 11.8 Å². The summed E-state index contributed by atoms with van der Waals surface area (Å²) in [5.41, 5.74) is -0.187. The monoisotopic (exact) mass is 278 g/mol. The summed E-state index contributed by atoms with van der Waals surface area (Å²) in [6.45, 7) is 5.89. The van der Waals surface area contributed by atoms with Gasteiger partial charge in [-0.1, -0.05) is 0 Å². The van der Waals surface area contributed by atoms with Crippen LogP contribution in [-0.2, 0) is 11.3 Å². The molecule has 1 N–H and O–H groups in total.